The average molecular weight is 294 g/mol. The van der Waals surface area contributed by atoms with E-state index in [1.807, 2.05) is 6.07 Å². The van der Waals surface area contributed by atoms with Crippen LogP contribution < -0.4 is 10.2 Å². The van der Waals surface area contributed by atoms with Crippen LogP contribution in [-0.4, -0.2) is 33.4 Å². The molecule has 2 unspecified atom stereocenters. The molecule has 0 bridgehead atoms. The summed E-state index contributed by atoms with van der Waals surface area (Å²) in [5, 5.41) is 3.31. The predicted octanol–water partition coefficient (Wildman–Crippen LogP) is 3.04. The molecule has 1 N–H and O–H groups in total. The number of rotatable bonds is 6. The van der Waals surface area contributed by atoms with Crippen molar-refractivity contribution in [2.24, 2.45) is 11.8 Å². The Balaban J connectivity index is 2.13. The van der Waals surface area contributed by atoms with Crippen LogP contribution in [0.25, 0.3) is 0 Å². The fraction of sp³-hybridized carbons (Fsp3) is 0.647. The molecule has 1 aliphatic heterocycles. The van der Waals surface area contributed by atoms with Crippen LogP contribution in [0.2, 0.25) is 0 Å². The average Bonchev–Trinajstić information content (AvgIpc) is 2.42. The summed E-state index contributed by atoms with van der Waals surface area (Å²) in [6, 6.07) is 5.38. The summed E-state index contributed by atoms with van der Waals surface area (Å²) < 4.78 is 19.4. The number of anilines is 1. The Bertz CT molecular complexity index is 442. The number of nitrogens with one attached hydrogen (secondary N) is 1. The van der Waals surface area contributed by atoms with Gasteiger partial charge in [-0.15, -0.1) is 0 Å². The fourth-order valence-electron chi connectivity index (χ4n) is 3.30. The maximum atomic E-state index is 14.4. The van der Waals surface area contributed by atoms with Gasteiger partial charge in [0.05, 0.1) is 12.3 Å². The van der Waals surface area contributed by atoms with Crippen LogP contribution in [0.4, 0.5) is 10.1 Å². The van der Waals surface area contributed by atoms with E-state index in [0.717, 1.165) is 30.9 Å². The van der Waals surface area contributed by atoms with E-state index in [1.54, 1.807) is 19.2 Å². The molecule has 1 fully saturated rings. The maximum Gasteiger partial charge on any atom is 0.146 e. The summed E-state index contributed by atoms with van der Waals surface area (Å²) in [6.07, 6.45) is 1.23. The van der Waals surface area contributed by atoms with E-state index >= 15 is 0 Å². The second-order valence-corrected chi connectivity index (χ2v) is 6.27. The van der Waals surface area contributed by atoms with E-state index in [2.05, 4.69) is 24.1 Å². The van der Waals surface area contributed by atoms with Crippen LogP contribution in [0.1, 0.15) is 25.8 Å². The van der Waals surface area contributed by atoms with E-state index in [9.17, 15) is 4.39 Å². The zero-order valence-electron chi connectivity index (χ0n) is 13.4. The third-order valence-electron chi connectivity index (χ3n) is 4.05. The van der Waals surface area contributed by atoms with E-state index < -0.39 is 0 Å². The number of piperidine rings is 1. The summed E-state index contributed by atoms with van der Waals surface area (Å²) in [7, 11) is 1.69. The Morgan fingerprint density at radius 1 is 1.29 bits per heavy atom. The molecular weight excluding hydrogens is 267 g/mol. The van der Waals surface area contributed by atoms with E-state index in [1.165, 1.54) is 6.42 Å². The first-order valence-corrected chi connectivity index (χ1v) is 7.83. The van der Waals surface area contributed by atoms with Crippen molar-refractivity contribution in [2.75, 3.05) is 38.3 Å². The fourth-order valence-corrected chi connectivity index (χ4v) is 3.30. The van der Waals surface area contributed by atoms with Crippen molar-refractivity contribution < 1.29 is 9.13 Å². The van der Waals surface area contributed by atoms with Crippen LogP contribution in [0.15, 0.2) is 18.2 Å². The van der Waals surface area contributed by atoms with Crippen LogP contribution >= 0.6 is 0 Å². The number of hydrogen-bond donors (Lipinski definition) is 1. The van der Waals surface area contributed by atoms with Crippen molar-refractivity contribution in [3.8, 4) is 0 Å². The maximum absolute atomic E-state index is 14.4. The summed E-state index contributed by atoms with van der Waals surface area (Å²) in [4.78, 5) is 2.22. The normalized spacial score (nSPS) is 22.6. The molecule has 2 atom stereocenters. The van der Waals surface area contributed by atoms with Gasteiger partial charge in [-0.2, -0.15) is 0 Å². The van der Waals surface area contributed by atoms with Crippen molar-refractivity contribution in [3.63, 3.8) is 0 Å². The molecule has 4 heteroatoms. The molecule has 1 aromatic carbocycles. The minimum absolute atomic E-state index is 0.109. The molecule has 21 heavy (non-hydrogen) atoms. The van der Waals surface area contributed by atoms with Crippen LogP contribution in [0.5, 0.6) is 0 Å². The predicted molar refractivity (Wildman–Crippen MR) is 85.1 cm³/mol. The second-order valence-electron chi connectivity index (χ2n) is 6.27. The number of methoxy groups -OCH3 is 1. The topological polar surface area (TPSA) is 24.5 Å². The number of benzene rings is 1. The lowest BCUT2D eigenvalue weighted by atomic mass is 9.91. The molecule has 0 amide bonds. The zero-order chi connectivity index (χ0) is 15.2. The molecule has 1 saturated heterocycles. The van der Waals surface area contributed by atoms with Gasteiger partial charge in [0.15, 0.2) is 0 Å². The largest absolute Gasteiger partial charge is 0.383 e. The first-order chi connectivity index (χ1) is 10.1. The lowest BCUT2D eigenvalue weighted by Gasteiger charge is -2.37. The summed E-state index contributed by atoms with van der Waals surface area (Å²) >= 11 is 0. The van der Waals surface area contributed by atoms with E-state index in [0.29, 0.717) is 25.0 Å². The molecule has 0 aliphatic carbocycles. The molecule has 0 saturated carbocycles. The van der Waals surface area contributed by atoms with Crippen LogP contribution in [0.3, 0.4) is 0 Å². The van der Waals surface area contributed by atoms with Gasteiger partial charge in [0.2, 0.25) is 0 Å². The highest BCUT2D eigenvalue weighted by Gasteiger charge is 2.25. The van der Waals surface area contributed by atoms with Crippen molar-refractivity contribution in [1.82, 2.24) is 5.32 Å². The highest BCUT2D eigenvalue weighted by atomic mass is 19.1. The Morgan fingerprint density at radius 3 is 2.67 bits per heavy atom. The van der Waals surface area contributed by atoms with Crippen molar-refractivity contribution in [1.29, 1.82) is 0 Å². The molecule has 2 rings (SSSR count). The molecule has 3 nitrogen and oxygen atoms in total. The van der Waals surface area contributed by atoms with Gasteiger partial charge in [-0.25, -0.2) is 4.39 Å². The number of para-hydroxylation sites is 1. The minimum atomic E-state index is -0.109. The van der Waals surface area contributed by atoms with E-state index in [4.69, 9.17) is 4.74 Å². The second kappa shape index (κ2) is 7.76. The molecule has 1 aliphatic rings. The molecule has 0 aromatic heterocycles. The Kier molecular flexibility index (Phi) is 6.00. The minimum Gasteiger partial charge on any atom is -0.383 e. The number of ether oxygens (including phenoxy) is 1. The van der Waals surface area contributed by atoms with E-state index in [-0.39, 0.29) is 5.82 Å². The first-order valence-electron chi connectivity index (χ1n) is 7.83. The van der Waals surface area contributed by atoms with Gasteiger partial charge >= 0.3 is 0 Å². The monoisotopic (exact) mass is 294 g/mol. The quantitative estimate of drug-likeness (QED) is 0.816. The van der Waals surface area contributed by atoms with Gasteiger partial charge in [0, 0.05) is 33.3 Å². The van der Waals surface area contributed by atoms with Crippen molar-refractivity contribution >= 4 is 5.69 Å². The molecular formula is C17H27FN2O. The molecule has 0 radical (unpaired) electrons. The van der Waals surface area contributed by atoms with Crippen molar-refractivity contribution in [2.45, 2.75) is 26.8 Å². The summed E-state index contributed by atoms with van der Waals surface area (Å²) in [5.41, 5.74) is 1.81. The number of halogens is 1. The number of nitrogens with zero attached hydrogens (tertiary/aromatic N) is 1. The van der Waals surface area contributed by atoms with Gasteiger partial charge in [-0.1, -0.05) is 26.0 Å². The lowest BCUT2D eigenvalue weighted by molar-refractivity contribution is 0.199. The SMILES string of the molecule is COCCNCc1cccc(F)c1N1CC(C)CC(C)C1. The smallest absolute Gasteiger partial charge is 0.146 e. The molecule has 1 aromatic rings. The highest BCUT2D eigenvalue weighted by Crippen LogP contribution is 2.31. The highest BCUT2D eigenvalue weighted by molar-refractivity contribution is 5.55. The Hall–Kier alpha value is -1.13. The summed E-state index contributed by atoms with van der Waals surface area (Å²) in [5.74, 6) is 1.12. The zero-order valence-corrected chi connectivity index (χ0v) is 13.4. The first kappa shape index (κ1) is 16.2. The van der Waals surface area contributed by atoms with Gasteiger partial charge in [0.1, 0.15) is 5.82 Å². The number of hydrogen-bond acceptors (Lipinski definition) is 3. The van der Waals surface area contributed by atoms with Crippen LogP contribution in [0, 0.1) is 17.7 Å². The van der Waals surface area contributed by atoms with Gasteiger partial charge in [-0.05, 0) is 29.9 Å². The molecule has 118 valence electrons. The molecule has 0 spiro atoms. The third-order valence-corrected chi connectivity index (χ3v) is 4.05. The molecule has 1 heterocycles. The van der Waals surface area contributed by atoms with Gasteiger partial charge in [-0.3, -0.25) is 0 Å². The standard InChI is InChI=1S/C17H27FN2O/c1-13-9-14(2)12-20(11-13)17-15(5-4-6-16(17)18)10-19-7-8-21-3/h4-6,13-14,19H,7-12H2,1-3H3. The van der Waals surface area contributed by atoms with Crippen LogP contribution in [-0.2, 0) is 11.3 Å². The van der Waals surface area contributed by atoms with Gasteiger partial charge < -0.3 is 15.0 Å². The lowest BCUT2D eigenvalue weighted by Crippen LogP contribution is -2.40. The van der Waals surface area contributed by atoms with Crippen molar-refractivity contribution in [3.05, 3.63) is 29.6 Å². The third kappa shape index (κ3) is 4.42. The summed E-state index contributed by atoms with van der Waals surface area (Å²) in [6.45, 7) is 8.50. The Morgan fingerprint density at radius 2 is 2.00 bits per heavy atom. The Labute approximate surface area is 127 Å². The van der Waals surface area contributed by atoms with Gasteiger partial charge in [0.25, 0.3) is 0 Å².